The number of nitrogens with zero attached hydrogens (tertiary/aromatic N) is 3. The lowest BCUT2D eigenvalue weighted by Gasteiger charge is -2.22. The van der Waals surface area contributed by atoms with E-state index in [1.807, 2.05) is 30.6 Å². The van der Waals surface area contributed by atoms with Gasteiger partial charge in [-0.15, -0.1) is 0 Å². The number of likely N-dealkylation sites (tertiary alicyclic amines) is 1. The summed E-state index contributed by atoms with van der Waals surface area (Å²) < 4.78 is 5.47. The first-order valence-electron chi connectivity index (χ1n) is 8.66. The molecule has 4 heteroatoms. The van der Waals surface area contributed by atoms with Gasteiger partial charge in [-0.05, 0) is 43.6 Å². The van der Waals surface area contributed by atoms with Crippen LogP contribution in [0.4, 0.5) is 0 Å². The number of hydrogen-bond acceptors (Lipinski definition) is 4. The fourth-order valence-corrected chi connectivity index (χ4v) is 3.59. The Balaban J connectivity index is 1.48. The standard InChI is InChI=1S/C20H27N3O/c1-22(13-17-6-5-10-21-12-17)14-18-9-11-23(15-18)16-19-7-3-4-8-20(19)24-2/h3-8,10,12,18H,9,11,13-16H2,1-2H3. The lowest BCUT2D eigenvalue weighted by molar-refractivity contribution is 0.253. The molecule has 0 amide bonds. The van der Waals surface area contributed by atoms with Gasteiger partial charge >= 0.3 is 0 Å². The minimum atomic E-state index is 0.737. The predicted octanol–water partition coefficient (Wildman–Crippen LogP) is 3.04. The van der Waals surface area contributed by atoms with E-state index in [1.54, 1.807) is 7.11 Å². The molecule has 24 heavy (non-hydrogen) atoms. The Hall–Kier alpha value is -1.91. The number of benzene rings is 1. The van der Waals surface area contributed by atoms with Gasteiger partial charge in [0.05, 0.1) is 7.11 Å². The summed E-state index contributed by atoms with van der Waals surface area (Å²) in [6.07, 6.45) is 5.06. The van der Waals surface area contributed by atoms with E-state index < -0.39 is 0 Å². The summed E-state index contributed by atoms with van der Waals surface area (Å²) in [5, 5.41) is 0. The minimum absolute atomic E-state index is 0.737. The van der Waals surface area contributed by atoms with Crippen LogP contribution in [0.1, 0.15) is 17.5 Å². The molecule has 4 nitrogen and oxygen atoms in total. The first-order chi connectivity index (χ1) is 11.7. The third kappa shape index (κ3) is 4.56. The lowest BCUT2D eigenvalue weighted by atomic mass is 10.1. The first kappa shape index (κ1) is 16.9. The zero-order chi connectivity index (χ0) is 16.8. The van der Waals surface area contributed by atoms with Gasteiger partial charge in [0, 0.05) is 44.1 Å². The molecule has 1 aliphatic rings. The quantitative estimate of drug-likeness (QED) is 0.782. The molecule has 0 N–H and O–H groups in total. The second-order valence-corrected chi connectivity index (χ2v) is 6.76. The summed E-state index contributed by atoms with van der Waals surface area (Å²) in [4.78, 5) is 9.15. The highest BCUT2D eigenvalue weighted by molar-refractivity contribution is 5.33. The van der Waals surface area contributed by atoms with Crippen molar-refractivity contribution < 1.29 is 4.74 Å². The van der Waals surface area contributed by atoms with Gasteiger partial charge in [0.1, 0.15) is 5.75 Å². The molecular formula is C20H27N3O. The van der Waals surface area contributed by atoms with E-state index in [0.717, 1.165) is 37.8 Å². The first-order valence-corrected chi connectivity index (χ1v) is 8.66. The molecule has 0 saturated carbocycles. The van der Waals surface area contributed by atoms with Gasteiger partial charge in [0.25, 0.3) is 0 Å². The zero-order valence-corrected chi connectivity index (χ0v) is 14.7. The highest BCUT2D eigenvalue weighted by atomic mass is 16.5. The van der Waals surface area contributed by atoms with Crippen LogP contribution in [0.2, 0.25) is 0 Å². The molecule has 1 atom stereocenters. The third-order valence-electron chi connectivity index (χ3n) is 4.70. The second-order valence-electron chi connectivity index (χ2n) is 6.76. The van der Waals surface area contributed by atoms with Crippen molar-refractivity contribution in [3.05, 3.63) is 59.9 Å². The van der Waals surface area contributed by atoms with Crippen molar-refractivity contribution in [2.45, 2.75) is 19.5 Å². The normalized spacial score (nSPS) is 18.2. The maximum absolute atomic E-state index is 5.47. The molecule has 128 valence electrons. The molecule has 1 saturated heterocycles. The zero-order valence-electron chi connectivity index (χ0n) is 14.7. The van der Waals surface area contributed by atoms with E-state index in [9.17, 15) is 0 Å². The van der Waals surface area contributed by atoms with E-state index in [2.05, 4.69) is 40.0 Å². The van der Waals surface area contributed by atoms with E-state index in [4.69, 9.17) is 4.74 Å². The van der Waals surface area contributed by atoms with Gasteiger partial charge in [-0.3, -0.25) is 9.88 Å². The van der Waals surface area contributed by atoms with Crippen LogP contribution in [0, 0.1) is 5.92 Å². The van der Waals surface area contributed by atoms with Crippen molar-refractivity contribution in [3.63, 3.8) is 0 Å². The molecule has 2 aromatic rings. The van der Waals surface area contributed by atoms with Crippen molar-refractivity contribution in [1.29, 1.82) is 0 Å². The predicted molar refractivity (Wildman–Crippen MR) is 96.9 cm³/mol. The largest absolute Gasteiger partial charge is 0.496 e. The molecule has 0 bridgehead atoms. The van der Waals surface area contributed by atoms with Crippen LogP contribution in [0.3, 0.4) is 0 Å². The van der Waals surface area contributed by atoms with Crippen molar-refractivity contribution >= 4 is 0 Å². The molecule has 1 aliphatic heterocycles. The summed E-state index contributed by atoms with van der Waals surface area (Å²) >= 11 is 0. The summed E-state index contributed by atoms with van der Waals surface area (Å²) in [7, 11) is 3.95. The molecule has 3 rings (SSSR count). The topological polar surface area (TPSA) is 28.6 Å². The van der Waals surface area contributed by atoms with Crippen molar-refractivity contribution in [2.75, 3.05) is 33.8 Å². The molecule has 0 aliphatic carbocycles. The van der Waals surface area contributed by atoms with Gasteiger partial charge in [0.15, 0.2) is 0 Å². The monoisotopic (exact) mass is 325 g/mol. The smallest absolute Gasteiger partial charge is 0.123 e. The van der Waals surface area contributed by atoms with E-state index in [1.165, 1.54) is 24.1 Å². The van der Waals surface area contributed by atoms with E-state index in [-0.39, 0.29) is 0 Å². The Morgan fingerprint density at radius 1 is 1.25 bits per heavy atom. The summed E-state index contributed by atoms with van der Waals surface area (Å²) in [5.74, 6) is 1.73. The Labute approximate surface area is 145 Å². The number of aromatic nitrogens is 1. The van der Waals surface area contributed by atoms with Gasteiger partial charge in [-0.2, -0.15) is 0 Å². The Morgan fingerprint density at radius 3 is 2.92 bits per heavy atom. The average Bonchev–Trinajstić information content (AvgIpc) is 3.03. The van der Waals surface area contributed by atoms with Crippen LogP contribution < -0.4 is 4.74 Å². The van der Waals surface area contributed by atoms with Crippen LogP contribution in [0.15, 0.2) is 48.8 Å². The molecule has 0 radical (unpaired) electrons. The van der Waals surface area contributed by atoms with E-state index in [0.29, 0.717) is 0 Å². The third-order valence-corrected chi connectivity index (χ3v) is 4.70. The number of methoxy groups -OCH3 is 1. The fraction of sp³-hybridized carbons (Fsp3) is 0.450. The molecule has 1 fully saturated rings. The Bertz CT molecular complexity index is 632. The van der Waals surface area contributed by atoms with Crippen LogP contribution in [0.5, 0.6) is 5.75 Å². The molecule has 1 aromatic carbocycles. The maximum Gasteiger partial charge on any atom is 0.123 e. The number of ether oxygens (including phenoxy) is 1. The molecule has 1 unspecified atom stereocenters. The number of para-hydroxylation sites is 1. The summed E-state index contributed by atoms with van der Waals surface area (Å²) in [6.45, 7) is 5.42. The summed E-state index contributed by atoms with van der Waals surface area (Å²) in [6, 6.07) is 12.5. The number of pyridine rings is 1. The second kappa shape index (κ2) is 8.27. The van der Waals surface area contributed by atoms with Gasteiger partial charge < -0.3 is 9.64 Å². The van der Waals surface area contributed by atoms with Gasteiger partial charge in [-0.25, -0.2) is 0 Å². The van der Waals surface area contributed by atoms with Crippen molar-refractivity contribution in [2.24, 2.45) is 5.92 Å². The van der Waals surface area contributed by atoms with Crippen LogP contribution in [-0.4, -0.2) is 48.6 Å². The van der Waals surface area contributed by atoms with Crippen LogP contribution in [0.25, 0.3) is 0 Å². The Kier molecular flexibility index (Phi) is 5.83. The fourth-order valence-electron chi connectivity index (χ4n) is 3.59. The lowest BCUT2D eigenvalue weighted by Crippen LogP contribution is -2.28. The highest BCUT2D eigenvalue weighted by Gasteiger charge is 2.24. The molecule has 0 spiro atoms. The number of hydrogen-bond donors (Lipinski definition) is 0. The number of rotatable bonds is 7. The summed E-state index contributed by atoms with van der Waals surface area (Å²) in [5.41, 5.74) is 2.56. The minimum Gasteiger partial charge on any atom is -0.496 e. The Morgan fingerprint density at radius 2 is 2.12 bits per heavy atom. The maximum atomic E-state index is 5.47. The SMILES string of the molecule is COc1ccccc1CN1CCC(CN(C)Cc2cccnc2)C1. The highest BCUT2D eigenvalue weighted by Crippen LogP contribution is 2.24. The van der Waals surface area contributed by atoms with Crippen LogP contribution >= 0.6 is 0 Å². The molecular weight excluding hydrogens is 298 g/mol. The molecule has 2 heterocycles. The van der Waals surface area contributed by atoms with Gasteiger partial charge in [-0.1, -0.05) is 24.3 Å². The van der Waals surface area contributed by atoms with Crippen LogP contribution in [-0.2, 0) is 13.1 Å². The van der Waals surface area contributed by atoms with Crippen molar-refractivity contribution in [1.82, 2.24) is 14.8 Å². The van der Waals surface area contributed by atoms with Gasteiger partial charge in [0.2, 0.25) is 0 Å². The molecule has 1 aromatic heterocycles. The van der Waals surface area contributed by atoms with E-state index >= 15 is 0 Å². The average molecular weight is 325 g/mol. The van der Waals surface area contributed by atoms with Crippen molar-refractivity contribution in [3.8, 4) is 5.75 Å².